The Kier molecular flexibility index (Phi) is 11.0. The molecule has 15 heavy (non-hydrogen) atoms. The Labute approximate surface area is 91.9 Å². The zero-order valence-corrected chi connectivity index (χ0v) is 9.79. The van der Waals surface area contributed by atoms with Gasteiger partial charge in [0, 0.05) is 26.6 Å². The first-order valence-electron chi connectivity index (χ1n) is 5.56. The number of carbonyl (C=O) groups excluding carboxylic acids is 1. The standard InChI is InChI=1S/C11H22O4/c1-3-4-6-13-9-10-14-7-5-8-15-11(2)12/h3-10H2,1-2H3. The van der Waals surface area contributed by atoms with Gasteiger partial charge in [0.15, 0.2) is 0 Å². The number of ether oxygens (including phenoxy) is 3. The van der Waals surface area contributed by atoms with E-state index < -0.39 is 0 Å². The van der Waals surface area contributed by atoms with Crippen molar-refractivity contribution in [3.63, 3.8) is 0 Å². The molecule has 0 saturated heterocycles. The summed E-state index contributed by atoms with van der Waals surface area (Å²) in [5.41, 5.74) is 0. The second kappa shape index (κ2) is 11.5. The molecule has 0 aromatic rings. The van der Waals surface area contributed by atoms with E-state index in [0.29, 0.717) is 26.4 Å². The maximum absolute atomic E-state index is 10.4. The van der Waals surface area contributed by atoms with Gasteiger partial charge in [-0.2, -0.15) is 0 Å². The minimum atomic E-state index is -0.238. The summed E-state index contributed by atoms with van der Waals surface area (Å²) in [6, 6.07) is 0. The lowest BCUT2D eigenvalue weighted by atomic mass is 10.4. The molecule has 0 aliphatic carbocycles. The highest BCUT2D eigenvalue weighted by Crippen LogP contribution is 1.89. The summed E-state index contributed by atoms with van der Waals surface area (Å²) in [6.45, 7) is 6.67. The quantitative estimate of drug-likeness (QED) is 0.414. The van der Waals surface area contributed by atoms with E-state index in [2.05, 4.69) is 6.92 Å². The second-order valence-corrected chi connectivity index (χ2v) is 3.27. The van der Waals surface area contributed by atoms with E-state index in [1.807, 2.05) is 0 Å². The van der Waals surface area contributed by atoms with Gasteiger partial charge in [-0.15, -0.1) is 0 Å². The molecule has 0 atom stereocenters. The molecule has 0 aliphatic heterocycles. The van der Waals surface area contributed by atoms with Gasteiger partial charge in [0.2, 0.25) is 0 Å². The summed E-state index contributed by atoms with van der Waals surface area (Å²) in [4.78, 5) is 10.4. The van der Waals surface area contributed by atoms with E-state index in [-0.39, 0.29) is 5.97 Å². The van der Waals surface area contributed by atoms with E-state index in [4.69, 9.17) is 14.2 Å². The monoisotopic (exact) mass is 218 g/mol. The summed E-state index contributed by atoms with van der Waals surface area (Å²) in [6.07, 6.45) is 3.00. The normalized spacial score (nSPS) is 10.3. The van der Waals surface area contributed by atoms with Crippen LogP contribution in [0.15, 0.2) is 0 Å². The van der Waals surface area contributed by atoms with Gasteiger partial charge in [-0.05, 0) is 6.42 Å². The third-order valence-electron chi connectivity index (χ3n) is 1.75. The predicted octanol–water partition coefficient (Wildman–Crippen LogP) is 1.77. The van der Waals surface area contributed by atoms with Crippen LogP contribution in [0, 0.1) is 0 Å². The molecule has 0 heterocycles. The number of rotatable bonds is 10. The van der Waals surface area contributed by atoms with Gasteiger partial charge < -0.3 is 14.2 Å². The molecule has 0 unspecified atom stereocenters. The number of hydrogen-bond donors (Lipinski definition) is 0. The van der Waals surface area contributed by atoms with E-state index >= 15 is 0 Å². The van der Waals surface area contributed by atoms with Gasteiger partial charge in [-0.3, -0.25) is 4.79 Å². The molecule has 0 aromatic heterocycles. The molecule has 4 nitrogen and oxygen atoms in total. The first-order chi connectivity index (χ1) is 7.27. The molecule has 0 aliphatic rings. The molecule has 0 aromatic carbocycles. The average Bonchev–Trinajstić information content (AvgIpc) is 2.20. The van der Waals surface area contributed by atoms with Crippen LogP contribution in [0.2, 0.25) is 0 Å². The Balaban J connectivity index is 2.89. The fourth-order valence-corrected chi connectivity index (χ4v) is 0.945. The highest BCUT2D eigenvalue weighted by Gasteiger charge is 1.93. The van der Waals surface area contributed by atoms with Crippen LogP contribution in [0.25, 0.3) is 0 Å². The fourth-order valence-electron chi connectivity index (χ4n) is 0.945. The maximum Gasteiger partial charge on any atom is 0.302 e. The predicted molar refractivity (Wildman–Crippen MR) is 57.8 cm³/mol. The zero-order chi connectivity index (χ0) is 11.4. The van der Waals surface area contributed by atoms with Crippen LogP contribution in [0.4, 0.5) is 0 Å². The lowest BCUT2D eigenvalue weighted by Gasteiger charge is -2.05. The van der Waals surface area contributed by atoms with Gasteiger partial charge in [0.1, 0.15) is 0 Å². The zero-order valence-electron chi connectivity index (χ0n) is 9.79. The lowest BCUT2D eigenvalue weighted by molar-refractivity contribution is -0.141. The molecule has 0 saturated carbocycles. The van der Waals surface area contributed by atoms with E-state index in [1.54, 1.807) is 0 Å². The van der Waals surface area contributed by atoms with Crippen LogP contribution in [-0.4, -0.2) is 39.0 Å². The highest BCUT2D eigenvalue weighted by molar-refractivity contribution is 5.65. The first kappa shape index (κ1) is 14.4. The van der Waals surface area contributed by atoms with Gasteiger partial charge in [-0.25, -0.2) is 0 Å². The lowest BCUT2D eigenvalue weighted by Crippen LogP contribution is -2.08. The van der Waals surface area contributed by atoms with Crippen LogP contribution < -0.4 is 0 Å². The Hall–Kier alpha value is -0.610. The molecule has 90 valence electrons. The summed E-state index contributed by atoms with van der Waals surface area (Å²) in [5.74, 6) is -0.238. The Morgan fingerprint density at radius 3 is 2.07 bits per heavy atom. The van der Waals surface area contributed by atoms with Crippen molar-refractivity contribution in [1.82, 2.24) is 0 Å². The molecule has 4 heteroatoms. The minimum Gasteiger partial charge on any atom is -0.466 e. The van der Waals surface area contributed by atoms with Crippen molar-refractivity contribution in [3.05, 3.63) is 0 Å². The SMILES string of the molecule is CCCCOCCOCCCOC(C)=O. The summed E-state index contributed by atoms with van der Waals surface area (Å²) < 4.78 is 15.3. The van der Waals surface area contributed by atoms with Crippen molar-refractivity contribution in [2.75, 3.05) is 33.0 Å². The molecule has 0 N–H and O–H groups in total. The van der Waals surface area contributed by atoms with Crippen molar-refractivity contribution in [3.8, 4) is 0 Å². The van der Waals surface area contributed by atoms with Gasteiger partial charge in [0.25, 0.3) is 0 Å². The first-order valence-corrected chi connectivity index (χ1v) is 5.56. The molecular formula is C11H22O4. The molecule has 0 radical (unpaired) electrons. The molecular weight excluding hydrogens is 196 g/mol. The topological polar surface area (TPSA) is 44.8 Å². The molecule has 0 bridgehead atoms. The van der Waals surface area contributed by atoms with Crippen LogP contribution >= 0.6 is 0 Å². The van der Waals surface area contributed by atoms with Crippen molar-refractivity contribution < 1.29 is 19.0 Å². The van der Waals surface area contributed by atoms with Gasteiger partial charge >= 0.3 is 5.97 Å². The smallest absolute Gasteiger partial charge is 0.302 e. The summed E-state index contributed by atoms with van der Waals surface area (Å²) in [7, 11) is 0. The van der Waals surface area contributed by atoms with E-state index in [1.165, 1.54) is 6.92 Å². The number of unbranched alkanes of at least 4 members (excludes halogenated alkanes) is 1. The fraction of sp³-hybridized carbons (Fsp3) is 0.909. The second-order valence-electron chi connectivity index (χ2n) is 3.27. The maximum atomic E-state index is 10.4. The summed E-state index contributed by atoms with van der Waals surface area (Å²) in [5, 5.41) is 0. The number of hydrogen-bond acceptors (Lipinski definition) is 4. The van der Waals surface area contributed by atoms with Crippen LogP contribution in [0.3, 0.4) is 0 Å². The number of carbonyl (C=O) groups is 1. The molecule has 0 amide bonds. The van der Waals surface area contributed by atoms with E-state index in [0.717, 1.165) is 25.9 Å². The van der Waals surface area contributed by atoms with Gasteiger partial charge in [0.05, 0.1) is 19.8 Å². The van der Waals surface area contributed by atoms with E-state index in [9.17, 15) is 4.79 Å². The van der Waals surface area contributed by atoms with Crippen LogP contribution in [0.5, 0.6) is 0 Å². The van der Waals surface area contributed by atoms with Crippen LogP contribution in [-0.2, 0) is 19.0 Å². The van der Waals surface area contributed by atoms with Gasteiger partial charge in [-0.1, -0.05) is 13.3 Å². The Morgan fingerprint density at radius 2 is 1.53 bits per heavy atom. The van der Waals surface area contributed by atoms with Crippen LogP contribution in [0.1, 0.15) is 33.1 Å². The molecule has 0 fully saturated rings. The van der Waals surface area contributed by atoms with Crippen molar-refractivity contribution in [1.29, 1.82) is 0 Å². The Bertz CT molecular complexity index is 148. The third-order valence-corrected chi connectivity index (χ3v) is 1.75. The molecule has 0 rings (SSSR count). The van der Waals surface area contributed by atoms with Crippen molar-refractivity contribution in [2.45, 2.75) is 33.1 Å². The summed E-state index contributed by atoms with van der Waals surface area (Å²) >= 11 is 0. The van der Waals surface area contributed by atoms with Crippen molar-refractivity contribution >= 4 is 5.97 Å². The highest BCUT2D eigenvalue weighted by atomic mass is 16.5. The number of esters is 1. The van der Waals surface area contributed by atoms with Crippen molar-refractivity contribution in [2.24, 2.45) is 0 Å². The largest absolute Gasteiger partial charge is 0.466 e. The minimum absolute atomic E-state index is 0.238. The average molecular weight is 218 g/mol. The Morgan fingerprint density at radius 1 is 0.933 bits per heavy atom. The third kappa shape index (κ3) is 13.4. The molecule has 0 spiro atoms.